The molecule has 2 rings (SSSR count). The monoisotopic (exact) mass is 321 g/mol. The standard InChI is InChI=1S/C12H18.C8H17NO.CH4/c1-10-6-5-7-11(8-10)9-12(2,3)4;1-8(2,3)9-4-6-10-7-5-9;/h5-8H,9H2,1-4H3;4-7H2,1-3H3;1H4. The van der Waals surface area contributed by atoms with Crippen LogP contribution in [-0.4, -0.2) is 36.7 Å². The van der Waals surface area contributed by atoms with Gasteiger partial charge in [-0.3, -0.25) is 4.90 Å². The zero-order valence-corrected chi connectivity index (χ0v) is 15.7. The Labute approximate surface area is 145 Å². The summed E-state index contributed by atoms with van der Waals surface area (Å²) in [6, 6.07) is 8.76. The molecule has 2 nitrogen and oxygen atoms in total. The molecule has 134 valence electrons. The van der Waals surface area contributed by atoms with Gasteiger partial charge in [-0.15, -0.1) is 0 Å². The summed E-state index contributed by atoms with van der Waals surface area (Å²) in [6.45, 7) is 19.7. The highest BCUT2D eigenvalue weighted by atomic mass is 16.5. The Kier molecular flexibility index (Phi) is 9.09. The van der Waals surface area contributed by atoms with Gasteiger partial charge >= 0.3 is 0 Å². The minimum absolute atomic E-state index is 0. The summed E-state index contributed by atoms with van der Waals surface area (Å²) < 4.78 is 5.25. The lowest BCUT2D eigenvalue weighted by Gasteiger charge is -2.38. The van der Waals surface area contributed by atoms with Gasteiger partial charge in [0.2, 0.25) is 0 Å². The van der Waals surface area contributed by atoms with E-state index in [-0.39, 0.29) is 7.43 Å². The average Bonchev–Trinajstić information content (AvgIpc) is 2.37. The van der Waals surface area contributed by atoms with E-state index in [4.69, 9.17) is 4.74 Å². The molecule has 0 bridgehead atoms. The van der Waals surface area contributed by atoms with Crippen molar-refractivity contribution >= 4 is 0 Å². The van der Waals surface area contributed by atoms with Gasteiger partial charge < -0.3 is 4.74 Å². The molecule has 0 spiro atoms. The first-order chi connectivity index (χ1) is 10.1. The van der Waals surface area contributed by atoms with Crippen LogP contribution in [0.25, 0.3) is 0 Å². The molecule has 1 aromatic rings. The van der Waals surface area contributed by atoms with Gasteiger partial charge in [0.25, 0.3) is 0 Å². The second kappa shape index (κ2) is 9.44. The highest BCUT2D eigenvalue weighted by molar-refractivity contribution is 5.22. The molecule has 0 atom stereocenters. The van der Waals surface area contributed by atoms with Gasteiger partial charge in [-0.05, 0) is 45.1 Å². The van der Waals surface area contributed by atoms with E-state index >= 15 is 0 Å². The lowest BCUT2D eigenvalue weighted by Crippen LogP contribution is -2.47. The molecule has 1 aliphatic rings. The number of morpholine rings is 1. The highest BCUT2D eigenvalue weighted by Gasteiger charge is 2.22. The van der Waals surface area contributed by atoms with Crippen molar-refractivity contribution < 1.29 is 4.74 Å². The van der Waals surface area contributed by atoms with Gasteiger partial charge in [0.1, 0.15) is 0 Å². The number of aryl methyl sites for hydroxylation is 1. The van der Waals surface area contributed by atoms with Crippen LogP contribution < -0.4 is 0 Å². The third-order valence-corrected chi connectivity index (χ3v) is 3.78. The number of hydrogen-bond donors (Lipinski definition) is 0. The van der Waals surface area contributed by atoms with Crippen LogP contribution in [0.1, 0.15) is 60.1 Å². The molecule has 1 aliphatic heterocycles. The first-order valence-electron chi connectivity index (χ1n) is 8.46. The van der Waals surface area contributed by atoms with E-state index in [0.717, 1.165) is 32.7 Å². The largest absolute Gasteiger partial charge is 0.379 e. The summed E-state index contributed by atoms with van der Waals surface area (Å²) >= 11 is 0. The molecule has 0 unspecified atom stereocenters. The van der Waals surface area contributed by atoms with E-state index in [1.807, 2.05) is 0 Å². The Balaban J connectivity index is 0.000000409. The minimum Gasteiger partial charge on any atom is -0.379 e. The van der Waals surface area contributed by atoms with Crippen molar-refractivity contribution in [1.82, 2.24) is 4.90 Å². The number of nitrogens with zero attached hydrogens (tertiary/aromatic N) is 1. The van der Waals surface area contributed by atoms with E-state index in [9.17, 15) is 0 Å². The summed E-state index contributed by atoms with van der Waals surface area (Å²) in [6.07, 6.45) is 1.16. The average molecular weight is 322 g/mol. The maximum Gasteiger partial charge on any atom is 0.0594 e. The first kappa shape index (κ1) is 22.1. The van der Waals surface area contributed by atoms with Crippen LogP contribution in [-0.2, 0) is 11.2 Å². The van der Waals surface area contributed by atoms with Crippen LogP contribution in [0.5, 0.6) is 0 Å². The van der Waals surface area contributed by atoms with Crippen molar-refractivity contribution in [3.8, 4) is 0 Å². The molecular formula is C21H39NO. The Morgan fingerprint density at radius 2 is 1.57 bits per heavy atom. The van der Waals surface area contributed by atoms with Gasteiger partial charge in [-0.25, -0.2) is 0 Å². The molecule has 2 heteroatoms. The molecular weight excluding hydrogens is 282 g/mol. The second-order valence-corrected chi connectivity index (χ2v) is 8.50. The first-order valence-corrected chi connectivity index (χ1v) is 8.46. The van der Waals surface area contributed by atoms with Crippen LogP contribution >= 0.6 is 0 Å². The van der Waals surface area contributed by atoms with Crippen LogP contribution in [0.3, 0.4) is 0 Å². The summed E-state index contributed by atoms with van der Waals surface area (Å²) in [5, 5.41) is 0. The Morgan fingerprint density at radius 1 is 1.00 bits per heavy atom. The quantitative estimate of drug-likeness (QED) is 0.692. The summed E-state index contributed by atoms with van der Waals surface area (Å²) in [5.74, 6) is 0. The van der Waals surface area contributed by atoms with E-state index in [1.165, 1.54) is 11.1 Å². The second-order valence-electron chi connectivity index (χ2n) is 8.50. The van der Waals surface area contributed by atoms with Crippen LogP contribution in [0.4, 0.5) is 0 Å². The number of rotatable bonds is 1. The minimum atomic E-state index is 0. The predicted molar refractivity (Wildman–Crippen MR) is 103 cm³/mol. The number of hydrogen-bond acceptors (Lipinski definition) is 2. The van der Waals surface area contributed by atoms with Gasteiger partial charge in [0.15, 0.2) is 0 Å². The SMILES string of the molecule is C.CC(C)(C)N1CCOCC1.Cc1cccc(CC(C)(C)C)c1. The normalized spacial score (nSPS) is 16.1. The molecule has 0 aliphatic carbocycles. The lowest BCUT2D eigenvalue weighted by molar-refractivity contribution is -0.00389. The fraction of sp³-hybridized carbons (Fsp3) is 0.714. The van der Waals surface area contributed by atoms with Crippen molar-refractivity contribution in [3.63, 3.8) is 0 Å². The molecule has 0 aromatic heterocycles. The van der Waals surface area contributed by atoms with Crippen molar-refractivity contribution in [2.75, 3.05) is 26.3 Å². The molecule has 0 radical (unpaired) electrons. The Bertz CT molecular complexity index is 434. The van der Waals surface area contributed by atoms with Gasteiger partial charge in [0.05, 0.1) is 13.2 Å². The van der Waals surface area contributed by atoms with E-state index in [2.05, 4.69) is 77.6 Å². The lowest BCUT2D eigenvalue weighted by atomic mass is 9.88. The third-order valence-electron chi connectivity index (χ3n) is 3.78. The third kappa shape index (κ3) is 9.78. The topological polar surface area (TPSA) is 12.5 Å². The van der Waals surface area contributed by atoms with E-state index in [1.54, 1.807) is 0 Å². The van der Waals surface area contributed by atoms with Crippen molar-refractivity contribution in [2.45, 2.75) is 67.9 Å². The molecule has 1 aromatic carbocycles. The van der Waals surface area contributed by atoms with Crippen molar-refractivity contribution in [3.05, 3.63) is 35.4 Å². The van der Waals surface area contributed by atoms with E-state index in [0.29, 0.717) is 11.0 Å². The molecule has 1 saturated heterocycles. The van der Waals surface area contributed by atoms with Crippen molar-refractivity contribution in [1.29, 1.82) is 0 Å². The highest BCUT2D eigenvalue weighted by Crippen LogP contribution is 2.20. The number of benzene rings is 1. The van der Waals surface area contributed by atoms with Gasteiger partial charge in [-0.1, -0.05) is 58.0 Å². The van der Waals surface area contributed by atoms with Gasteiger partial charge in [-0.2, -0.15) is 0 Å². The number of ether oxygens (including phenoxy) is 1. The maximum absolute atomic E-state index is 5.25. The molecule has 23 heavy (non-hydrogen) atoms. The Hall–Kier alpha value is -0.860. The zero-order chi connectivity index (χ0) is 16.8. The molecule has 1 fully saturated rings. The molecule has 0 amide bonds. The fourth-order valence-electron chi connectivity index (χ4n) is 2.67. The van der Waals surface area contributed by atoms with E-state index < -0.39 is 0 Å². The zero-order valence-electron chi connectivity index (χ0n) is 15.7. The smallest absolute Gasteiger partial charge is 0.0594 e. The van der Waals surface area contributed by atoms with Crippen LogP contribution in [0, 0.1) is 12.3 Å². The Morgan fingerprint density at radius 3 is 1.96 bits per heavy atom. The molecule has 0 N–H and O–H groups in total. The maximum atomic E-state index is 5.25. The summed E-state index contributed by atoms with van der Waals surface area (Å²) in [7, 11) is 0. The van der Waals surface area contributed by atoms with Crippen molar-refractivity contribution in [2.24, 2.45) is 5.41 Å². The van der Waals surface area contributed by atoms with Crippen LogP contribution in [0.15, 0.2) is 24.3 Å². The molecule has 1 heterocycles. The molecule has 0 saturated carbocycles. The fourth-order valence-corrected chi connectivity index (χ4v) is 2.67. The van der Waals surface area contributed by atoms with Gasteiger partial charge in [0, 0.05) is 18.6 Å². The van der Waals surface area contributed by atoms with Crippen LogP contribution in [0.2, 0.25) is 0 Å². The summed E-state index contributed by atoms with van der Waals surface area (Å²) in [5.41, 5.74) is 3.52. The summed E-state index contributed by atoms with van der Waals surface area (Å²) in [4.78, 5) is 2.45. The predicted octanol–water partition coefficient (Wildman–Crippen LogP) is 5.34.